The van der Waals surface area contributed by atoms with Crippen molar-refractivity contribution in [2.24, 2.45) is 0 Å². The highest BCUT2D eigenvalue weighted by molar-refractivity contribution is 5.82. The lowest BCUT2D eigenvalue weighted by molar-refractivity contribution is -0.147. The predicted molar refractivity (Wildman–Crippen MR) is 64.5 cm³/mol. The first kappa shape index (κ1) is 14.0. The summed E-state index contributed by atoms with van der Waals surface area (Å²) in [5, 5.41) is 3.29. The van der Waals surface area contributed by atoms with Gasteiger partial charge in [0.2, 0.25) is 5.91 Å². The molecule has 0 aromatic rings. The lowest BCUT2D eigenvalue weighted by Gasteiger charge is -2.20. The van der Waals surface area contributed by atoms with Crippen molar-refractivity contribution in [3.05, 3.63) is 0 Å². The van der Waals surface area contributed by atoms with Gasteiger partial charge in [-0.15, -0.1) is 0 Å². The second kappa shape index (κ2) is 7.27. The third-order valence-electron chi connectivity index (χ3n) is 2.74. The van der Waals surface area contributed by atoms with E-state index in [2.05, 4.69) is 10.1 Å². The summed E-state index contributed by atoms with van der Waals surface area (Å²) in [5.74, 6) is -0.340. The van der Waals surface area contributed by atoms with Gasteiger partial charge < -0.3 is 15.0 Å². The molecule has 0 unspecified atom stereocenters. The van der Waals surface area contributed by atoms with Crippen LogP contribution in [0.2, 0.25) is 0 Å². The highest BCUT2D eigenvalue weighted by atomic mass is 16.5. The van der Waals surface area contributed by atoms with Crippen LogP contribution in [0.1, 0.15) is 32.6 Å². The van der Waals surface area contributed by atoms with Crippen LogP contribution in [0, 0.1) is 0 Å². The average Bonchev–Trinajstić information content (AvgIpc) is 3.12. The van der Waals surface area contributed by atoms with Crippen LogP contribution in [-0.2, 0) is 14.3 Å². The summed E-state index contributed by atoms with van der Waals surface area (Å²) in [6.45, 7) is 3.36. The fraction of sp³-hybridized carbons (Fsp3) is 0.833. The van der Waals surface area contributed by atoms with E-state index in [0.29, 0.717) is 25.6 Å². The molecule has 0 atom stereocenters. The quantitative estimate of drug-likeness (QED) is 0.631. The number of carbonyl (C=O) groups excluding carboxylic acids is 2. The van der Waals surface area contributed by atoms with Gasteiger partial charge in [0.15, 0.2) is 0 Å². The molecule has 1 aliphatic carbocycles. The lowest BCUT2D eigenvalue weighted by Crippen LogP contribution is -2.38. The van der Waals surface area contributed by atoms with Gasteiger partial charge in [0.25, 0.3) is 0 Å². The Labute approximate surface area is 102 Å². The van der Waals surface area contributed by atoms with Gasteiger partial charge >= 0.3 is 5.97 Å². The molecule has 0 aliphatic heterocycles. The van der Waals surface area contributed by atoms with Crippen molar-refractivity contribution < 1.29 is 14.3 Å². The van der Waals surface area contributed by atoms with Crippen molar-refractivity contribution in [1.82, 2.24) is 10.2 Å². The SMILES string of the molecule is CCCN(CC(=O)OC)C(=O)CCNC1CC1. The molecule has 1 fully saturated rings. The molecular formula is C12H22N2O3. The van der Waals surface area contributed by atoms with Gasteiger partial charge in [0, 0.05) is 25.6 Å². The Hall–Kier alpha value is -1.10. The summed E-state index contributed by atoms with van der Waals surface area (Å²) in [5.41, 5.74) is 0. The largest absolute Gasteiger partial charge is 0.468 e. The molecular weight excluding hydrogens is 220 g/mol. The van der Waals surface area contributed by atoms with E-state index in [1.54, 1.807) is 4.90 Å². The molecule has 0 bridgehead atoms. The summed E-state index contributed by atoms with van der Waals surface area (Å²) < 4.78 is 4.58. The molecule has 0 spiro atoms. The van der Waals surface area contributed by atoms with Crippen LogP contribution in [0.25, 0.3) is 0 Å². The maximum absolute atomic E-state index is 11.9. The van der Waals surface area contributed by atoms with E-state index < -0.39 is 0 Å². The Kier molecular flexibility index (Phi) is 5.97. The molecule has 1 N–H and O–H groups in total. The number of methoxy groups -OCH3 is 1. The highest BCUT2D eigenvalue weighted by Crippen LogP contribution is 2.18. The zero-order valence-electron chi connectivity index (χ0n) is 10.7. The minimum Gasteiger partial charge on any atom is -0.468 e. The third kappa shape index (κ3) is 5.68. The van der Waals surface area contributed by atoms with E-state index >= 15 is 0 Å². The first-order chi connectivity index (χ1) is 8.17. The van der Waals surface area contributed by atoms with Gasteiger partial charge in [-0.3, -0.25) is 9.59 Å². The number of hydrogen-bond donors (Lipinski definition) is 1. The zero-order chi connectivity index (χ0) is 12.7. The Bertz CT molecular complexity index is 264. The van der Waals surface area contributed by atoms with Gasteiger partial charge in [-0.1, -0.05) is 6.92 Å². The first-order valence-corrected chi connectivity index (χ1v) is 6.25. The monoisotopic (exact) mass is 242 g/mol. The van der Waals surface area contributed by atoms with Crippen LogP contribution >= 0.6 is 0 Å². The maximum atomic E-state index is 11.9. The van der Waals surface area contributed by atoms with E-state index in [4.69, 9.17) is 0 Å². The summed E-state index contributed by atoms with van der Waals surface area (Å²) >= 11 is 0. The molecule has 1 amide bonds. The number of amides is 1. The van der Waals surface area contributed by atoms with Gasteiger partial charge in [-0.25, -0.2) is 0 Å². The number of carbonyl (C=O) groups is 2. The van der Waals surface area contributed by atoms with Gasteiger partial charge in [-0.2, -0.15) is 0 Å². The van der Waals surface area contributed by atoms with Gasteiger partial charge in [-0.05, 0) is 19.3 Å². The van der Waals surface area contributed by atoms with Crippen LogP contribution in [0.3, 0.4) is 0 Å². The van der Waals surface area contributed by atoms with E-state index in [1.165, 1.54) is 20.0 Å². The predicted octanol–water partition coefficient (Wildman–Crippen LogP) is 0.540. The second-order valence-electron chi connectivity index (χ2n) is 4.37. The maximum Gasteiger partial charge on any atom is 0.325 e. The molecule has 1 aliphatic rings. The van der Waals surface area contributed by atoms with Crippen molar-refractivity contribution in [3.8, 4) is 0 Å². The highest BCUT2D eigenvalue weighted by Gasteiger charge is 2.21. The molecule has 0 radical (unpaired) electrons. The summed E-state index contributed by atoms with van der Waals surface area (Å²) in [4.78, 5) is 24.6. The molecule has 0 aromatic carbocycles. The van der Waals surface area contributed by atoms with E-state index in [1.807, 2.05) is 6.92 Å². The minimum absolute atomic E-state index is 0.0189. The van der Waals surface area contributed by atoms with Crippen molar-refractivity contribution in [2.75, 3.05) is 26.7 Å². The van der Waals surface area contributed by atoms with Crippen molar-refractivity contribution in [3.63, 3.8) is 0 Å². The van der Waals surface area contributed by atoms with E-state index in [9.17, 15) is 9.59 Å². The third-order valence-corrected chi connectivity index (χ3v) is 2.74. The molecule has 17 heavy (non-hydrogen) atoms. The van der Waals surface area contributed by atoms with E-state index in [-0.39, 0.29) is 18.4 Å². The number of nitrogens with zero attached hydrogens (tertiary/aromatic N) is 1. The molecule has 98 valence electrons. The number of rotatable bonds is 8. The zero-order valence-corrected chi connectivity index (χ0v) is 10.7. The number of nitrogens with one attached hydrogen (secondary N) is 1. The molecule has 0 aromatic heterocycles. The van der Waals surface area contributed by atoms with Crippen LogP contribution in [0.4, 0.5) is 0 Å². The molecule has 5 nitrogen and oxygen atoms in total. The van der Waals surface area contributed by atoms with Crippen LogP contribution in [0.15, 0.2) is 0 Å². The fourth-order valence-electron chi connectivity index (χ4n) is 1.61. The average molecular weight is 242 g/mol. The Morgan fingerprint density at radius 3 is 2.65 bits per heavy atom. The molecule has 1 rings (SSSR count). The summed E-state index contributed by atoms with van der Waals surface area (Å²) in [6.07, 6.45) is 3.73. The number of esters is 1. The van der Waals surface area contributed by atoms with Gasteiger partial charge in [0.05, 0.1) is 7.11 Å². The fourth-order valence-corrected chi connectivity index (χ4v) is 1.61. The second-order valence-corrected chi connectivity index (χ2v) is 4.37. The van der Waals surface area contributed by atoms with Crippen molar-refractivity contribution in [2.45, 2.75) is 38.6 Å². The molecule has 5 heteroatoms. The minimum atomic E-state index is -0.359. The standard InChI is InChI=1S/C12H22N2O3/c1-3-8-14(9-12(16)17-2)11(15)6-7-13-10-4-5-10/h10,13H,3-9H2,1-2H3. The number of ether oxygens (including phenoxy) is 1. The van der Waals surface area contributed by atoms with E-state index in [0.717, 1.165) is 6.42 Å². The Balaban J connectivity index is 2.27. The Morgan fingerprint density at radius 1 is 1.41 bits per heavy atom. The lowest BCUT2D eigenvalue weighted by atomic mass is 10.3. The topological polar surface area (TPSA) is 58.6 Å². The summed E-state index contributed by atoms with van der Waals surface area (Å²) in [6, 6.07) is 0.614. The van der Waals surface area contributed by atoms with Crippen molar-refractivity contribution >= 4 is 11.9 Å². The first-order valence-electron chi connectivity index (χ1n) is 6.25. The Morgan fingerprint density at radius 2 is 2.12 bits per heavy atom. The molecule has 0 heterocycles. The normalized spacial score (nSPS) is 14.5. The van der Waals surface area contributed by atoms with Crippen LogP contribution in [-0.4, -0.2) is 49.6 Å². The van der Waals surface area contributed by atoms with Crippen molar-refractivity contribution in [1.29, 1.82) is 0 Å². The smallest absolute Gasteiger partial charge is 0.325 e. The van der Waals surface area contributed by atoms with Crippen LogP contribution < -0.4 is 5.32 Å². The molecule has 0 saturated heterocycles. The molecule has 1 saturated carbocycles. The van der Waals surface area contributed by atoms with Crippen LogP contribution in [0.5, 0.6) is 0 Å². The van der Waals surface area contributed by atoms with Gasteiger partial charge in [0.1, 0.15) is 6.54 Å². The summed E-state index contributed by atoms with van der Waals surface area (Å²) in [7, 11) is 1.34. The number of hydrogen-bond acceptors (Lipinski definition) is 4.